The van der Waals surface area contributed by atoms with Crippen molar-refractivity contribution in [2.24, 2.45) is 0 Å². The van der Waals surface area contributed by atoms with Gasteiger partial charge in [0.05, 0.1) is 24.8 Å². The summed E-state index contributed by atoms with van der Waals surface area (Å²) >= 11 is 0. The van der Waals surface area contributed by atoms with Crippen LogP contribution in [0.2, 0.25) is 0 Å². The summed E-state index contributed by atoms with van der Waals surface area (Å²) in [6.07, 6.45) is 4.81. The van der Waals surface area contributed by atoms with Gasteiger partial charge in [0.25, 0.3) is 0 Å². The summed E-state index contributed by atoms with van der Waals surface area (Å²) < 4.78 is 35.6. The fraction of sp³-hybridized carbons (Fsp3) is 0. The van der Waals surface area contributed by atoms with Crippen LogP contribution in [0.3, 0.4) is 0 Å². The second kappa shape index (κ2) is 5.24. The average molecular weight is 236 g/mol. The Labute approximate surface area is 96.5 Å². The van der Waals surface area contributed by atoms with Gasteiger partial charge in [0.2, 0.25) is 0 Å². The molecule has 0 radical (unpaired) electrons. The molecule has 0 aromatic carbocycles. The molecule has 4 nitrogen and oxygen atoms in total. The van der Waals surface area contributed by atoms with Gasteiger partial charge in [0.15, 0.2) is 0 Å². The molecule has 0 aliphatic carbocycles. The van der Waals surface area contributed by atoms with Gasteiger partial charge in [-0.1, -0.05) is 0 Å². The van der Waals surface area contributed by atoms with E-state index in [0.717, 1.165) is 12.4 Å². The monoisotopic (exact) mass is 236 g/mol. The van der Waals surface area contributed by atoms with Crippen LogP contribution in [0.5, 0.6) is 11.5 Å². The molecule has 0 bridgehead atoms. The Morgan fingerprint density at radius 3 is 1.71 bits per heavy atom. The van der Waals surface area contributed by atoms with Crippen molar-refractivity contribution in [1.82, 2.24) is 9.97 Å². The molecule has 2 aromatic rings. The Morgan fingerprint density at radius 2 is 1.29 bits per heavy atom. The molecule has 17 heavy (non-hydrogen) atoms. The number of pyridine rings is 2. The topological polar surface area (TPSA) is 44.2 Å². The first-order chi connectivity index (χ1) is 8.24. The second-order valence-electron chi connectivity index (χ2n) is 3.08. The molecule has 0 N–H and O–H groups in total. The predicted octanol–water partition coefficient (Wildman–Crippen LogP) is 1.48. The van der Waals surface area contributed by atoms with Crippen LogP contribution in [0, 0.1) is 11.6 Å². The third-order valence-corrected chi connectivity index (χ3v) is 1.81. The normalized spacial score (nSPS) is 9.76. The first kappa shape index (κ1) is 11.3. The molecule has 0 atom stereocenters. The second-order valence-corrected chi connectivity index (χ2v) is 3.08. The molecule has 7 heteroatoms. The van der Waals surface area contributed by atoms with Crippen molar-refractivity contribution in [3.05, 3.63) is 48.6 Å². The summed E-state index contributed by atoms with van der Waals surface area (Å²) in [5, 5.41) is 0. The summed E-state index contributed by atoms with van der Waals surface area (Å²) in [6.45, 7) is 0. The average Bonchev–Trinajstić information content (AvgIpc) is 2.29. The van der Waals surface area contributed by atoms with E-state index in [1.165, 1.54) is 24.5 Å². The zero-order valence-electron chi connectivity index (χ0n) is 8.64. The maximum Gasteiger partial charge on any atom is 0.576 e. The third-order valence-electron chi connectivity index (χ3n) is 1.81. The highest BCUT2D eigenvalue weighted by atomic mass is 19.1. The summed E-state index contributed by atoms with van der Waals surface area (Å²) in [4.78, 5) is 7.19. The minimum atomic E-state index is -0.505. The summed E-state index contributed by atoms with van der Waals surface area (Å²) in [5.74, 6) is -0.548. The Bertz CT molecular complexity index is 468. The zero-order chi connectivity index (χ0) is 12.1. The lowest BCUT2D eigenvalue weighted by Gasteiger charge is -2.06. The van der Waals surface area contributed by atoms with Crippen LogP contribution in [-0.2, 0) is 0 Å². The quantitative estimate of drug-likeness (QED) is 0.754. The minimum Gasteiger partial charge on any atom is -0.527 e. The Morgan fingerprint density at radius 1 is 0.824 bits per heavy atom. The highest BCUT2D eigenvalue weighted by Crippen LogP contribution is 2.11. The Kier molecular flexibility index (Phi) is 3.49. The Balaban J connectivity index is 1.87. The summed E-state index contributed by atoms with van der Waals surface area (Å²) in [7, 11) is -0.184. The highest BCUT2D eigenvalue weighted by Gasteiger charge is 2.02. The lowest BCUT2D eigenvalue weighted by Crippen LogP contribution is -2.11. The van der Waals surface area contributed by atoms with Crippen LogP contribution in [-0.4, -0.2) is 17.7 Å². The largest absolute Gasteiger partial charge is 0.576 e. The van der Waals surface area contributed by atoms with Crippen molar-refractivity contribution < 1.29 is 18.1 Å². The van der Waals surface area contributed by atoms with E-state index in [2.05, 4.69) is 9.97 Å². The number of hydrogen-bond acceptors (Lipinski definition) is 4. The van der Waals surface area contributed by atoms with Crippen LogP contribution in [0.25, 0.3) is 0 Å². The molecule has 2 rings (SSSR count). The third kappa shape index (κ3) is 3.41. The van der Waals surface area contributed by atoms with E-state index in [1.807, 2.05) is 0 Å². The maximum atomic E-state index is 12.7. The van der Waals surface area contributed by atoms with Crippen LogP contribution in [0.1, 0.15) is 0 Å². The number of aromatic nitrogens is 2. The van der Waals surface area contributed by atoms with Crippen LogP contribution in [0.15, 0.2) is 36.9 Å². The SMILES string of the molecule is Fc1cncc(OBOc2cncc(F)c2)c1. The van der Waals surface area contributed by atoms with Crippen molar-refractivity contribution in [2.45, 2.75) is 0 Å². The van der Waals surface area contributed by atoms with Gasteiger partial charge in [-0.25, -0.2) is 8.78 Å². The number of nitrogens with zero attached hydrogens (tertiary/aromatic N) is 2. The molecular weight excluding hydrogens is 229 g/mol. The minimum absolute atomic E-state index is 0.184. The molecule has 0 saturated carbocycles. The van der Waals surface area contributed by atoms with Crippen molar-refractivity contribution in [2.75, 3.05) is 0 Å². The summed E-state index contributed by atoms with van der Waals surface area (Å²) in [5.41, 5.74) is 0. The van der Waals surface area contributed by atoms with E-state index in [1.54, 1.807) is 0 Å². The van der Waals surface area contributed by atoms with Crippen molar-refractivity contribution >= 4 is 7.69 Å². The van der Waals surface area contributed by atoms with Crippen LogP contribution >= 0.6 is 0 Å². The van der Waals surface area contributed by atoms with Gasteiger partial charge in [0.1, 0.15) is 23.1 Å². The standard InChI is InChI=1S/C10H7BF2N2O2/c12-7-1-9(5-14-3-7)16-11-17-10-2-8(13)4-15-6-10/h1-6,11H. The molecule has 0 unspecified atom stereocenters. The Hall–Kier alpha value is -2.18. The fourth-order valence-electron chi connectivity index (χ4n) is 1.11. The van der Waals surface area contributed by atoms with E-state index in [9.17, 15) is 8.78 Å². The fourth-order valence-corrected chi connectivity index (χ4v) is 1.11. The smallest absolute Gasteiger partial charge is 0.527 e. The molecule has 0 amide bonds. The van der Waals surface area contributed by atoms with E-state index < -0.39 is 11.6 Å². The van der Waals surface area contributed by atoms with E-state index >= 15 is 0 Å². The van der Waals surface area contributed by atoms with E-state index in [-0.39, 0.29) is 19.2 Å². The lowest BCUT2D eigenvalue weighted by molar-refractivity contribution is 0.450. The molecule has 0 spiro atoms. The molecule has 2 heterocycles. The van der Waals surface area contributed by atoms with Gasteiger partial charge in [-0.2, -0.15) is 0 Å². The first-order valence-electron chi connectivity index (χ1n) is 4.71. The van der Waals surface area contributed by atoms with Gasteiger partial charge in [-0.15, -0.1) is 0 Å². The molecule has 0 aliphatic rings. The van der Waals surface area contributed by atoms with Crippen LogP contribution in [0.4, 0.5) is 8.78 Å². The molecule has 2 aromatic heterocycles. The first-order valence-corrected chi connectivity index (χ1v) is 4.71. The van der Waals surface area contributed by atoms with Crippen molar-refractivity contribution in [3.8, 4) is 11.5 Å². The summed E-state index contributed by atoms with van der Waals surface area (Å²) in [6, 6.07) is 2.33. The molecule has 0 fully saturated rings. The number of hydrogen-bond donors (Lipinski definition) is 0. The van der Waals surface area contributed by atoms with Gasteiger partial charge in [-0.3, -0.25) is 9.97 Å². The molecule has 0 aliphatic heterocycles. The lowest BCUT2D eigenvalue weighted by atomic mass is 10.3. The number of rotatable bonds is 4. The maximum absolute atomic E-state index is 12.7. The van der Waals surface area contributed by atoms with Crippen LogP contribution < -0.4 is 9.31 Å². The highest BCUT2D eigenvalue weighted by molar-refractivity contribution is 6.20. The van der Waals surface area contributed by atoms with E-state index in [0.29, 0.717) is 0 Å². The number of halogens is 2. The van der Waals surface area contributed by atoms with Gasteiger partial charge in [0, 0.05) is 12.1 Å². The molecule has 86 valence electrons. The molecular formula is C10H7BF2N2O2. The van der Waals surface area contributed by atoms with Gasteiger partial charge < -0.3 is 9.31 Å². The van der Waals surface area contributed by atoms with Crippen molar-refractivity contribution in [3.63, 3.8) is 0 Å². The predicted molar refractivity (Wildman–Crippen MR) is 56.8 cm³/mol. The molecule has 0 saturated heterocycles. The van der Waals surface area contributed by atoms with Gasteiger partial charge >= 0.3 is 7.69 Å². The van der Waals surface area contributed by atoms with Gasteiger partial charge in [-0.05, 0) is 0 Å². The van der Waals surface area contributed by atoms with Crippen molar-refractivity contribution in [1.29, 1.82) is 0 Å². The van der Waals surface area contributed by atoms with E-state index in [4.69, 9.17) is 9.31 Å². The zero-order valence-corrected chi connectivity index (χ0v) is 8.64.